The Balaban J connectivity index is 2.75. The summed E-state index contributed by atoms with van der Waals surface area (Å²) in [7, 11) is 0. The molecule has 0 amide bonds. The maximum atomic E-state index is 5.51. The molecule has 1 aromatic rings. The predicted molar refractivity (Wildman–Crippen MR) is 81.5 cm³/mol. The van der Waals surface area contributed by atoms with Crippen LogP contribution in [0.25, 0.3) is 5.57 Å². The van der Waals surface area contributed by atoms with Gasteiger partial charge >= 0.3 is 0 Å². The van der Waals surface area contributed by atoms with Crippen LogP contribution in [0.4, 0.5) is 0 Å². The zero-order valence-electron chi connectivity index (χ0n) is 11.7. The Hall–Kier alpha value is -1.34. The molecule has 0 atom stereocenters. The van der Waals surface area contributed by atoms with Crippen LogP contribution in [0.5, 0.6) is 0 Å². The molecule has 0 aliphatic rings. The molecule has 1 aromatic carbocycles. The lowest BCUT2D eigenvalue weighted by atomic mass is 9.97. The molecule has 0 fully saturated rings. The number of hydrogen-bond donors (Lipinski definition) is 1. The summed E-state index contributed by atoms with van der Waals surface area (Å²) in [6, 6.07) is 8.85. The molecule has 0 aromatic heterocycles. The minimum absolute atomic E-state index is 0.789. The van der Waals surface area contributed by atoms with Crippen LogP contribution in [0.1, 0.15) is 44.2 Å². The maximum absolute atomic E-state index is 5.51. The third-order valence-corrected chi connectivity index (χ3v) is 3.05. The monoisotopic (exact) mass is 243 g/mol. The minimum Gasteiger partial charge on any atom is -0.330 e. The number of benzene rings is 1. The normalized spacial score (nSPS) is 11.6. The summed E-state index contributed by atoms with van der Waals surface area (Å²) >= 11 is 0. The number of rotatable bonds is 7. The topological polar surface area (TPSA) is 26.0 Å². The highest BCUT2D eigenvalue weighted by Crippen LogP contribution is 2.22. The molecular weight excluding hydrogens is 218 g/mol. The molecule has 0 saturated carbocycles. The lowest BCUT2D eigenvalue weighted by Gasteiger charge is -2.08. The minimum atomic E-state index is 0.789. The van der Waals surface area contributed by atoms with Gasteiger partial charge in [0.2, 0.25) is 0 Å². The van der Waals surface area contributed by atoms with Crippen molar-refractivity contribution in [3.05, 3.63) is 53.6 Å². The highest BCUT2D eigenvalue weighted by molar-refractivity contribution is 5.77. The Bertz CT molecular complexity index is 398. The van der Waals surface area contributed by atoms with Crippen molar-refractivity contribution in [3.63, 3.8) is 0 Å². The van der Waals surface area contributed by atoms with Gasteiger partial charge < -0.3 is 5.73 Å². The molecule has 0 saturated heterocycles. The van der Waals surface area contributed by atoms with E-state index in [9.17, 15) is 0 Å². The van der Waals surface area contributed by atoms with Crippen molar-refractivity contribution in [2.75, 3.05) is 6.54 Å². The first-order valence-corrected chi connectivity index (χ1v) is 6.84. The summed E-state index contributed by atoms with van der Waals surface area (Å²) in [6.45, 7) is 9.06. The van der Waals surface area contributed by atoms with Gasteiger partial charge in [-0.15, -0.1) is 0 Å². The van der Waals surface area contributed by atoms with Gasteiger partial charge in [-0.25, -0.2) is 0 Å². The predicted octanol–water partition coefficient (Wildman–Crippen LogP) is 4.34. The molecule has 0 aliphatic carbocycles. The van der Waals surface area contributed by atoms with Gasteiger partial charge in [0.15, 0.2) is 0 Å². The van der Waals surface area contributed by atoms with Crippen LogP contribution in [-0.2, 0) is 6.42 Å². The Kier molecular flexibility index (Phi) is 6.45. The first-order valence-electron chi connectivity index (χ1n) is 6.84. The Labute approximate surface area is 111 Å². The molecule has 0 unspecified atom stereocenters. The van der Waals surface area contributed by atoms with Gasteiger partial charge in [-0.2, -0.15) is 0 Å². The number of aryl methyl sites for hydroxylation is 1. The molecule has 0 radical (unpaired) electrons. The number of nitrogens with two attached hydrogens (primary N) is 1. The van der Waals surface area contributed by atoms with E-state index in [-0.39, 0.29) is 0 Å². The molecule has 0 spiro atoms. The van der Waals surface area contributed by atoms with Crippen LogP contribution in [-0.4, -0.2) is 6.54 Å². The summed E-state index contributed by atoms with van der Waals surface area (Å²) in [6.07, 6.45) is 6.69. The molecule has 18 heavy (non-hydrogen) atoms. The SMILES string of the molecule is C=C(C)/C(=C\CC)c1ccc(CCCCN)cc1. The van der Waals surface area contributed by atoms with E-state index >= 15 is 0 Å². The van der Waals surface area contributed by atoms with Gasteiger partial charge in [0.25, 0.3) is 0 Å². The lowest BCUT2D eigenvalue weighted by molar-refractivity contribution is 0.745. The fourth-order valence-electron chi connectivity index (χ4n) is 2.07. The maximum Gasteiger partial charge on any atom is -0.00772 e. The van der Waals surface area contributed by atoms with Gasteiger partial charge in [0.1, 0.15) is 0 Å². The van der Waals surface area contributed by atoms with Crippen LogP contribution in [0.2, 0.25) is 0 Å². The average Bonchev–Trinajstić information content (AvgIpc) is 2.37. The third kappa shape index (κ3) is 4.50. The molecular formula is C17H25N. The van der Waals surface area contributed by atoms with Crippen LogP contribution < -0.4 is 5.73 Å². The van der Waals surface area contributed by atoms with Gasteiger partial charge in [0, 0.05) is 0 Å². The fraction of sp³-hybridized carbons (Fsp3) is 0.412. The third-order valence-electron chi connectivity index (χ3n) is 3.05. The average molecular weight is 243 g/mol. The van der Waals surface area contributed by atoms with E-state index in [2.05, 4.69) is 50.8 Å². The van der Waals surface area contributed by atoms with Gasteiger partial charge in [-0.3, -0.25) is 0 Å². The van der Waals surface area contributed by atoms with Crippen molar-refractivity contribution in [2.24, 2.45) is 5.73 Å². The first-order chi connectivity index (χ1) is 8.69. The fourth-order valence-corrected chi connectivity index (χ4v) is 2.07. The smallest absolute Gasteiger partial charge is 0.00772 e. The van der Waals surface area contributed by atoms with Gasteiger partial charge in [-0.05, 0) is 55.9 Å². The van der Waals surface area contributed by atoms with E-state index < -0.39 is 0 Å². The van der Waals surface area contributed by atoms with Crippen molar-refractivity contribution in [1.29, 1.82) is 0 Å². The summed E-state index contributed by atoms with van der Waals surface area (Å²) in [5.74, 6) is 0. The molecule has 1 nitrogen and oxygen atoms in total. The molecule has 1 rings (SSSR count). The summed E-state index contributed by atoms with van der Waals surface area (Å²) in [4.78, 5) is 0. The van der Waals surface area contributed by atoms with E-state index in [0.717, 1.165) is 31.4 Å². The number of allylic oxidation sites excluding steroid dienone is 3. The number of hydrogen-bond acceptors (Lipinski definition) is 1. The van der Waals surface area contributed by atoms with E-state index in [1.165, 1.54) is 23.1 Å². The second kappa shape index (κ2) is 7.88. The van der Waals surface area contributed by atoms with Crippen LogP contribution in [0.3, 0.4) is 0 Å². The van der Waals surface area contributed by atoms with Crippen molar-refractivity contribution in [3.8, 4) is 0 Å². The van der Waals surface area contributed by atoms with Gasteiger partial charge in [-0.1, -0.05) is 49.4 Å². The molecule has 0 aliphatic heterocycles. The second-order valence-corrected chi connectivity index (χ2v) is 4.75. The Morgan fingerprint density at radius 3 is 2.39 bits per heavy atom. The zero-order chi connectivity index (χ0) is 13.4. The first kappa shape index (κ1) is 14.7. The van der Waals surface area contributed by atoms with Crippen molar-refractivity contribution in [1.82, 2.24) is 0 Å². The molecule has 2 N–H and O–H groups in total. The van der Waals surface area contributed by atoms with Crippen molar-refractivity contribution >= 4 is 5.57 Å². The van der Waals surface area contributed by atoms with E-state index in [1.807, 2.05) is 0 Å². The quantitative estimate of drug-likeness (QED) is 0.559. The van der Waals surface area contributed by atoms with E-state index in [1.54, 1.807) is 0 Å². The Morgan fingerprint density at radius 2 is 1.89 bits per heavy atom. The Morgan fingerprint density at radius 1 is 1.22 bits per heavy atom. The highest BCUT2D eigenvalue weighted by atomic mass is 14.5. The second-order valence-electron chi connectivity index (χ2n) is 4.75. The molecule has 0 bridgehead atoms. The number of unbranched alkanes of at least 4 members (excludes halogenated alkanes) is 1. The van der Waals surface area contributed by atoms with Crippen molar-refractivity contribution in [2.45, 2.75) is 39.5 Å². The van der Waals surface area contributed by atoms with E-state index in [0.29, 0.717) is 0 Å². The molecule has 98 valence electrons. The van der Waals surface area contributed by atoms with E-state index in [4.69, 9.17) is 5.73 Å². The van der Waals surface area contributed by atoms with Crippen LogP contribution in [0.15, 0.2) is 42.5 Å². The standard InChI is InChI=1S/C17H25N/c1-4-7-17(14(2)3)16-11-9-15(10-12-16)8-5-6-13-18/h7,9-12H,2,4-6,8,13,18H2,1,3H3/b17-7+. The summed E-state index contributed by atoms with van der Waals surface area (Å²) < 4.78 is 0. The largest absolute Gasteiger partial charge is 0.330 e. The highest BCUT2D eigenvalue weighted by Gasteiger charge is 2.02. The molecule has 0 heterocycles. The zero-order valence-corrected chi connectivity index (χ0v) is 11.7. The molecule has 1 heteroatoms. The van der Waals surface area contributed by atoms with Gasteiger partial charge in [0.05, 0.1) is 0 Å². The van der Waals surface area contributed by atoms with Crippen LogP contribution >= 0.6 is 0 Å². The summed E-state index contributed by atoms with van der Waals surface area (Å²) in [5.41, 5.74) is 10.6. The lowest BCUT2D eigenvalue weighted by Crippen LogP contribution is -1.99. The summed E-state index contributed by atoms with van der Waals surface area (Å²) in [5, 5.41) is 0. The van der Waals surface area contributed by atoms with Crippen LogP contribution in [0, 0.1) is 0 Å². The van der Waals surface area contributed by atoms with Crippen molar-refractivity contribution < 1.29 is 0 Å².